The standard InChI is InChI=1S/C25H36N4O3.HI/c1-18-15-21(17-29(18)16-19-9-7-6-8-10-19)28-25(26-2)27-14-13-20-11-12-22(30-3)24(32-5)23(20)31-4;/h6-12,18,21H,13-17H2,1-5H3,(H2,26,27,28);1H. The Balaban J connectivity index is 0.00000385. The van der Waals surface area contributed by atoms with Gasteiger partial charge in [-0.25, -0.2) is 0 Å². The summed E-state index contributed by atoms with van der Waals surface area (Å²) >= 11 is 0. The van der Waals surface area contributed by atoms with Crippen molar-refractivity contribution in [2.75, 3.05) is 41.5 Å². The van der Waals surface area contributed by atoms with Crippen molar-refractivity contribution in [1.82, 2.24) is 15.5 Å². The fraction of sp³-hybridized carbons (Fsp3) is 0.480. The number of hydrogen-bond donors (Lipinski definition) is 2. The molecule has 182 valence electrons. The van der Waals surface area contributed by atoms with Crippen LogP contribution >= 0.6 is 24.0 Å². The molecule has 2 atom stereocenters. The van der Waals surface area contributed by atoms with Gasteiger partial charge in [-0.1, -0.05) is 36.4 Å². The molecule has 0 saturated carbocycles. The van der Waals surface area contributed by atoms with Gasteiger partial charge in [0.1, 0.15) is 0 Å². The van der Waals surface area contributed by atoms with Crippen LogP contribution < -0.4 is 24.8 Å². The SMILES string of the molecule is CN=C(NCCc1ccc(OC)c(OC)c1OC)NC1CC(C)N(Cc2ccccc2)C1.I. The second kappa shape index (κ2) is 13.5. The number of guanidine groups is 1. The van der Waals surface area contributed by atoms with Crippen molar-refractivity contribution in [2.24, 2.45) is 4.99 Å². The zero-order valence-corrected chi connectivity index (χ0v) is 22.6. The summed E-state index contributed by atoms with van der Waals surface area (Å²) in [5.41, 5.74) is 2.41. The zero-order valence-electron chi connectivity index (χ0n) is 20.3. The molecule has 3 rings (SSSR count). The van der Waals surface area contributed by atoms with Crippen LogP contribution in [0.2, 0.25) is 0 Å². The number of nitrogens with one attached hydrogen (secondary N) is 2. The molecule has 8 heteroatoms. The number of benzene rings is 2. The molecule has 7 nitrogen and oxygen atoms in total. The van der Waals surface area contributed by atoms with Gasteiger partial charge in [-0.3, -0.25) is 9.89 Å². The molecule has 1 heterocycles. The summed E-state index contributed by atoms with van der Waals surface area (Å²) in [4.78, 5) is 6.94. The van der Waals surface area contributed by atoms with Crippen LogP contribution in [0, 0.1) is 0 Å². The predicted molar refractivity (Wildman–Crippen MR) is 144 cm³/mol. The summed E-state index contributed by atoms with van der Waals surface area (Å²) in [5, 5.41) is 7.02. The smallest absolute Gasteiger partial charge is 0.203 e. The molecule has 2 aromatic carbocycles. The lowest BCUT2D eigenvalue weighted by Gasteiger charge is -2.21. The first-order chi connectivity index (χ1) is 15.6. The molecule has 2 aromatic rings. The summed E-state index contributed by atoms with van der Waals surface area (Å²) in [6, 6.07) is 15.5. The summed E-state index contributed by atoms with van der Waals surface area (Å²) < 4.78 is 16.4. The average Bonchev–Trinajstić information content (AvgIpc) is 3.16. The molecule has 1 fully saturated rings. The monoisotopic (exact) mass is 568 g/mol. The molecule has 33 heavy (non-hydrogen) atoms. The third-order valence-electron chi connectivity index (χ3n) is 5.97. The lowest BCUT2D eigenvalue weighted by molar-refractivity contribution is 0.258. The number of aliphatic imine (C=N–C) groups is 1. The van der Waals surface area contributed by atoms with E-state index < -0.39 is 0 Å². The highest BCUT2D eigenvalue weighted by Crippen LogP contribution is 2.39. The first kappa shape index (κ1) is 27.0. The average molecular weight is 569 g/mol. The van der Waals surface area contributed by atoms with Gasteiger partial charge in [0.05, 0.1) is 21.3 Å². The van der Waals surface area contributed by atoms with Crippen LogP contribution in [-0.4, -0.2) is 64.4 Å². The Hall–Kier alpha value is -2.20. The lowest BCUT2D eigenvalue weighted by Crippen LogP contribution is -2.45. The predicted octanol–water partition coefficient (Wildman–Crippen LogP) is 3.70. The van der Waals surface area contributed by atoms with E-state index in [1.165, 1.54) is 5.56 Å². The van der Waals surface area contributed by atoms with Crippen LogP contribution in [0.15, 0.2) is 47.5 Å². The summed E-state index contributed by atoms with van der Waals surface area (Å²) in [6.07, 6.45) is 1.86. The molecule has 2 unspecified atom stereocenters. The Morgan fingerprint density at radius 3 is 2.39 bits per heavy atom. The molecule has 0 aliphatic carbocycles. The van der Waals surface area contributed by atoms with Crippen molar-refractivity contribution in [3.05, 3.63) is 53.6 Å². The van der Waals surface area contributed by atoms with Crippen molar-refractivity contribution >= 4 is 29.9 Å². The normalized spacial score (nSPS) is 18.4. The molecule has 0 radical (unpaired) electrons. The van der Waals surface area contributed by atoms with E-state index in [0.717, 1.165) is 44.0 Å². The maximum absolute atomic E-state index is 5.59. The lowest BCUT2D eigenvalue weighted by atomic mass is 10.1. The van der Waals surface area contributed by atoms with Gasteiger partial charge in [0.15, 0.2) is 17.5 Å². The highest BCUT2D eigenvalue weighted by molar-refractivity contribution is 14.0. The van der Waals surface area contributed by atoms with Crippen LogP contribution in [0.4, 0.5) is 0 Å². The molecular formula is C25H37IN4O3. The van der Waals surface area contributed by atoms with Crippen LogP contribution in [0.1, 0.15) is 24.5 Å². The molecule has 2 N–H and O–H groups in total. The number of rotatable bonds is 9. The van der Waals surface area contributed by atoms with Crippen LogP contribution in [0.3, 0.4) is 0 Å². The van der Waals surface area contributed by atoms with Crippen molar-refractivity contribution in [2.45, 2.75) is 38.4 Å². The molecule has 0 spiro atoms. The fourth-order valence-electron chi connectivity index (χ4n) is 4.30. The topological polar surface area (TPSA) is 67.4 Å². The molecule has 1 aliphatic rings. The summed E-state index contributed by atoms with van der Waals surface area (Å²) in [6.45, 7) is 5.00. The molecule has 0 amide bonds. The van der Waals surface area contributed by atoms with E-state index in [1.54, 1.807) is 21.3 Å². The number of likely N-dealkylation sites (tertiary alicyclic amines) is 1. The molecular weight excluding hydrogens is 531 g/mol. The van der Waals surface area contributed by atoms with Gasteiger partial charge in [-0.05, 0) is 31.4 Å². The van der Waals surface area contributed by atoms with Crippen molar-refractivity contribution in [3.8, 4) is 17.2 Å². The van der Waals surface area contributed by atoms with E-state index in [0.29, 0.717) is 29.3 Å². The molecule has 0 bridgehead atoms. The maximum Gasteiger partial charge on any atom is 0.203 e. The second-order valence-electron chi connectivity index (χ2n) is 8.08. The van der Waals surface area contributed by atoms with Crippen LogP contribution in [-0.2, 0) is 13.0 Å². The van der Waals surface area contributed by atoms with E-state index in [-0.39, 0.29) is 24.0 Å². The van der Waals surface area contributed by atoms with Crippen molar-refractivity contribution in [3.63, 3.8) is 0 Å². The molecule has 1 aliphatic heterocycles. The minimum absolute atomic E-state index is 0. The van der Waals surface area contributed by atoms with E-state index >= 15 is 0 Å². The van der Waals surface area contributed by atoms with E-state index in [4.69, 9.17) is 14.2 Å². The number of methoxy groups -OCH3 is 3. The maximum atomic E-state index is 5.59. The summed E-state index contributed by atoms with van der Waals surface area (Å²) in [5.74, 6) is 2.81. The van der Waals surface area contributed by atoms with Crippen molar-refractivity contribution in [1.29, 1.82) is 0 Å². The van der Waals surface area contributed by atoms with Gasteiger partial charge in [0.2, 0.25) is 5.75 Å². The third kappa shape index (κ3) is 7.14. The van der Waals surface area contributed by atoms with E-state index in [1.807, 2.05) is 19.2 Å². The quantitative estimate of drug-likeness (QED) is 0.273. The van der Waals surface area contributed by atoms with Gasteiger partial charge in [0, 0.05) is 44.3 Å². The number of ether oxygens (including phenoxy) is 3. The highest BCUT2D eigenvalue weighted by atomic mass is 127. The fourth-order valence-corrected chi connectivity index (χ4v) is 4.30. The first-order valence-corrected chi connectivity index (χ1v) is 11.1. The van der Waals surface area contributed by atoms with Crippen LogP contribution in [0.5, 0.6) is 17.2 Å². The van der Waals surface area contributed by atoms with Gasteiger partial charge in [0.25, 0.3) is 0 Å². The Morgan fingerprint density at radius 2 is 1.76 bits per heavy atom. The molecule has 1 saturated heterocycles. The van der Waals surface area contributed by atoms with Crippen LogP contribution in [0.25, 0.3) is 0 Å². The van der Waals surface area contributed by atoms with Crippen molar-refractivity contribution < 1.29 is 14.2 Å². The zero-order chi connectivity index (χ0) is 22.9. The summed E-state index contributed by atoms with van der Waals surface area (Å²) in [7, 11) is 6.71. The van der Waals surface area contributed by atoms with E-state index in [2.05, 4.69) is 57.8 Å². The minimum Gasteiger partial charge on any atom is -0.493 e. The van der Waals surface area contributed by atoms with Gasteiger partial charge < -0.3 is 24.8 Å². The Kier molecular flexibility index (Phi) is 11.1. The number of nitrogens with zero attached hydrogens (tertiary/aromatic N) is 2. The minimum atomic E-state index is 0. The van der Waals surface area contributed by atoms with Gasteiger partial charge >= 0.3 is 0 Å². The third-order valence-corrected chi connectivity index (χ3v) is 5.97. The number of hydrogen-bond acceptors (Lipinski definition) is 5. The Bertz CT molecular complexity index is 895. The first-order valence-electron chi connectivity index (χ1n) is 11.1. The number of halogens is 1. The largest absolute Gasteiger partial charge is 0.493 e. The van der Waals surface area contributed by atoms with E-state index in [9.17, 15) is 0 Å². The second-order valence-corrected chi connectivity index (χ2v) is 8.08. The Labute approximate surface area is 214 Å². The van der Waals surface area contributed by atoms with Gasteiger partial charge in [-0.2, -0.15) is 0 Å². The molecule has 0 aromatic heterocycles. The van der Waals surface area contributed by atoms with Gasteiger partial charge in [-0.15, -0.1) is 24.0 Å². The highest BCUT2D eigenvalue weighted by Gasteiger charge is 2.29. The Morgan fingerprint density at radius 1 is 1.03 bits per heavy atom.